The van der Waals surface area contributed by atoms with E-state index >= 15 is 0 Å². The number of fused-ring (bicyclic) bond motifs is 1. The van der Waals surface area contributed by atoms with Crippen LogP contribution in [0.25, 0.3) is 10.1 Å². The molecule has 0 aliphatic rings. The Hall–Kier alpha value is -2.28. The molecule has 2 aromatic carbocycles. The van der Waals surface area contributed by atoms with E-state index in [1.54, 1.807) is 25.3 Å². The maximum absolute atomic E-state index is 12.4. The summed E-state index contributed by atoms with van der Waals surface area (Å²) in [6, 6.07) is 10.8. The average Bonchev–Trinajstić information content (AvgIpc) is 3.00. The number of benzene rings is 2. The van der Waals surface area contributed by atoms with Gasteiger partial charge in [-0.15, -0.1) is 11.3 Å². The maximum Gasteiger partial charge on any atom is 0.283 e. The van der Waals surface area contributed by atoms with Crippen LogP contribution in [0, 0.1) is 0 Å². The molecule has 0 spiro atoms. The van der Waals surface area contributed by atoms with Crippen molar-refractivity contribution in [3.8, 4) is 11.5 Å². The molecule has 1 aromatic heterocycles. The largest absolute Gasteiger partial charge is 0.496 e. The van der Waals surface area contributed by atoms with Crippen molar-refractivity contribution in [2.24, 2.45) is 5.10 Å². The van der Waals surface area contributed by atoms with Crippen LogP contribution in [0.15, 0.2) is 41.5 Å². The van der Waals surface area contributed by atoms with Gasteiger partial charge in [-0.1, -0.05) is 35.3 Å². The van der Waals surface area contributed by atoms with E-state index in [1.165, 1.54) is 24.7 Å². The Bertz CT molecular complexity index is 1000. The number of thiophene rings is 1. The molecule has 0 radical (unpaired) electrons. The van der Waals surface area contributed by atoms with Crippen molar-refractivity contribution in [2.45, 2.75) is 0 Å². The van der Waals surface area contributed by atoms with Crippen LogP contribution in [-0.2, 0) is 0 Å². The molecule has 1 N–H and O–H groups in total. The topological polar surface area (TPSA) is 59.9 Å². The number of halogens is 2. The first kappa shape index (κ1) is 18.5. The van der Waals surface area contributed by atoms with E-state index < -0.39 is 5.91 Å². The number of rotatable bonds is 5. The highest BCUT2D eigenvalue weighted by Crippen LogP contribution is 2.42. The first-order valence-corrected chi connectivity index (χ1v) is 9.05. The lowest BCUT2D eigenvalue weighted by Crippen LogP contribution is -2.16. The van der Waals surface area contributed by atoms with Crippen LogP contribution in [0.1, 0.15) is 15.2 Å². The van der Waals surface area contributed by atoms with Gasteiger partial charge in [0.05, 0.1) is 30.2 Å². The Morgan fingerprint density at radius 1 is 1.08 bits per heavy atom. The molecule has 0 bridgehead atoms. The monoisotopic (exact) mass is 408 g/mol. The molecule has 1 heterocycles. The summed E-state index contributed by atoms with van der Waals surface area (Å²) in [5.74, 6) is 0.764. The summed E-state index contributed by atoms with van der Waals surface area (Å²) in [7, 11) is 3.10. The molecule has 0 saturated carbocycles. The van der Waals surface area contributed by atoms with Crippen molar-refractivity contribution in [2.75, 3.05) is 14.2 Å². The van der Waals surface area contributed by atoms with Crippen LogP contribution in [-0.4, -0.2) is 26.3 Å². The highest BCUT2D eigenvalue weighted by Gasteiger charge is 2.20. The summed E-state index contributed by atoms with van der Waals surface area (Å²) in [6.07, 6.45) is 1.51. The second-order valence-electron chi connectivity index (χ2n) is 5.14. The standard InChI is InChI=1S/C18H14Cl2N2O3S/c1-24-12-6-4-3-5-10(12)9-21-22-18(23)17-14(19)11-7-8-13(25-2)15(20)16(11)26-17/h3-9H,1-2H3,(H,22,23)/b21-9+. The third-order valence-corrected chi connectivity index (χ3v) is 5.85. The van der Waals surface area contributed by atoms with Gasteiger partial charge in [0.25, 0.3) is 5.91 Å². The van der Waals surface area contributed by atoms with Crippen LogP contribution in [0.3, 0.4) is 0 Å². The van der Waals surface area contributed by atoms with Crippen LogP contribution in [0.5, 0.6) is 11.5 Å². The molecule has 0 unspecified atom stereocenters. The number of nitrogens with one attached hydrogen (secondary N) is 1. The van der Waals surface area contributed by atoms with Crippen LogP contribution >= 0.6 is 34.5 Å². The predicted molar refractivity (Wildman–Crippen MR) is 106 cm³/mol. The van der Waals surface area contributed by atoms with E-state index in [1.807, 2.05) is 18.2 Å². The molecular formula is C18H14Cl2N2O3S. The van der Waals surface area contributed by atoms with Crippen molar-refractivity contribution in [1.29, 1.82) is 0 Å². The summed E-state index contributed by atoms with van der Waals surface area (Å²) < 4.78 is 11.1. The molecule has 26 heavy (non-hydrogen) atoms. The fourth-order valence-corrected chi connectivity index (χ4v) is 4.15. The molecule has 0 aliphatic heterocycles. The van der Waals surface area contributed by atoms with Crippen molar-refractivity contribution >= 4 is 56.7 Å². The van der Waals surface area contributed by atoms with Crippen molar-refractivity contribution in [1.82, 2.24) is 5.43 Å². The number of hydrogen-bond acceptors (Lipinski definition) is 5. The lowest BCUT2D eigenvalue weighted by molar-refractivity contribution is 0.0959. The van der Waals surface area contributed by atoms with Crippen molar-refractivity contribution in [3.05, 3.63) is 56.9 Å². The van der Waals surface area contributed by atoms with Crippen LogP contribution < -0.4 is 14.9 Å². The molecular weight excluding hydrogens is 395 g/mol. The molecule has 8 heteroatoms. The number of hydrazone groups is 1. The van der Waals surface area contributed by atoms with Crippen molar-refractivity contribution < 1.29 is 14.3 Å². The number of ether oxygens (including phenoxy) is 2. The lowest BCUT2D eigenvalue weighted by atomic mass is 10.2. The SMILES string of the molecule is COc1ccccc1/C=N/NC(=O)c1sc2c(Cl)c(OC)ccc2c1Cl. The van der Waals surface area contributed by atoms with Gasteiger partial charge in [0.1, 0.15) is 21.4 Å². The normalized spacial score (nSPS) is 11.1. The number of methoxy groups -OCH3 is 2. The van der Waals surface area contributed by atoms with Gasteiger partial charge in [0.2, 0.25) is 0 Å². The maximum atomic E-state index is 12.4. The summed E-state index contributed by atoms with van der Waals surface area (Å²) in [4.78, 5) is 12.8. The van der Waals surface area contributed by atoms with Gasteiger partial charge in [-0.2, -0.15) is 5.10 Å². The van der Waals surface area contributed by atoms with Gasteiger partial charge in [-0.25, -0.2) is 5.43 Å². The van der Waals surface area contributed by atoms with E-state index in [0.29, 0.717) is 36.5 Å². The summed E-state index contributed by atoms with van der Waals surface area (Å²) in [5.41, 5.74) is 3.22. The highest BCUT2D eigenvalue weighted by molar-refractivity contribution is 7.22. The number of nitrogens with zero attached hydrogens (tertiary/aromatic N) is 1. The van der Waals surface area contributed by atoms with Crippen LogP contribution in [0.2, 0.25) is 10.0 Å². The Morgan fingerprint density at radius 3 is 2.54 bits per heavy atom. The Labute approximate surface area is 164 Å². The summed E-state index contributed by atoms with van der Waals surface area (Å²) in [5, 5.41) is 5.43. The first-order valence-electron chi connectivity index (χ1n) is 7.47. The molecule has 0 atom stereocenters. The number of amides is 1. The quantitative estimate of drug-likeness (QED) is 0.477. The van der Waals surface area contributed by atoms with E-state index in [9.17, 15) is 4.79 Å². The molecule has 0 aliphatic carbocycles. The third-order valence-electron chi connectivity index (χ3n) is 3.64. The highest BCUT2D eigenvalue weighted by atomic mass is 35.5. The average molecular weight is 409 g/mol. The zero-order valence-corrected chi connectivity index (χ0v) is 16.2. The first-order chi connectivity index (χ1) is 12.6. The number of carbonyl (C=O) groups is 1. The molecule has 134 valence electrons. The number of para-hydroxylation sites is 1. The zero-order valence-electron chi connectivity index (χ0n) is 13.9. The second kappa shape index (κ2) is 7.95. The van der Waals surface area contributed by atoms with Gasteiger partial charge in [0, 0.05) is 10.9 Å². The van der Waals surface area contributed by atoms with Gasteiger partial charge in [-0.3, -0.25) is 4.79 Å². The smallest absolute Gasteiger partial charge is 0.283 e. The second-order valence-corrected chi connectivity index (χ2v) is 6.92. The summed E-state index contributed by atoms with van der Waals surface area (Å²) in [6.45, 7) is 0. The van der Waals surface area contributed by atoms with E-state index in [0.717, 1.165) is 5.56 Å². The Kier molecular flexibility index (Phi) is 5.66. The van der Waals surface area contributed by atoms with Crippen molar-refractivity contribution in [3.63, 3.8) is 0 Å². The summed E-state index contributed by atoms with van der Waals surface area (Å²) >= 11 is 13.8. The van der Waals surface area contributed by atoms with E-state index in [2.05, 4.69) is 10.5 Å². The molecule has 3 aromatic rings. The number of hydrogen-bond donors (Lipinski definition) is 1. The zero-order chi connectivity index (χ0) is 18.7. The molecule has 1 amide bonds. The van der Waals surface area contributed by atoms with Gasteiger partial charge < -0.3 is 9.47 Å². The molecule has 0 fully saturated rings. The van der Waals surface area contributed by atoms with Gasteiger partial charge in [-0.05, 0) is 24.3 Å². The van der Waals surface area contributed by atoms with Crippen LogP contribution in [0.4, 0.5) is 0 Å². The number of carbonyl (C=O) groups excluding carboxylic acids is 1. The van der Waals surface area contributed by atoms with Gasteiger partial charge in [0.15, 0.2) is 0 Å². The minimum Gasteiger partial charge on any atom is -0.496 e. The Morgan fingerprint density at radius 2 is 1.81 bits per heavy atom. The minimum atomic E-state index is -0.419. The molecule has 3 rings (SSSR count). The molecule has 0 saturated heterocycles. The Balaban J connectivity index is 1.85. The minimum absolute atomic E-state index is 0.328. The lowest BCUT2D eigenvalue weighted by Gasteiger charge is -2.03. The van der Waals surface area contributed by atoms with Gasteiger partial charge >= 0.3 is 0 Å². The predicted octanol–water partition coefficient (Wildman–Crippen LogP) is 4.99. The third kappa shape index (κ3) is 3.49. The fourth-order valence-electron chi connectivity index (χ4n) is 2.37. The van der Waals surface area contributed by atoms with E-state index in [4.69, 9.17) is 32.7 Å². The van der Waals surface area contributed by atoms with E-state index in [-0.39, 0.29) is 0 Å². The fraction of sp³-hybridized carbons (Fsp3) is 0.111. The molecule has 5 nitrogen and oxygen atoms in total.